The van der Waals surface area contributed by atoms with Gasteiger partial charge in [-0.25, -0.2) is 0 Å². The van der Waals surface area contributed by atoms with Crippen molar-refractivity contribution in [1.29, 1.82) is 0 Å². The summed E-state index contributed by atoms with van der Waals surface area (Å²) in [4.78, 5) is 81.2. The summed E-state index contributed by atoms with van der Waals surface area (Å²) < 4.78 is 5.89. The van der Waals surface area contributed by atoms with Crippen LogP contribution >= 0.6 is 0 Å². The minimum atomic E-state index is -3.00. The van der Waals surface area contributed by atoms with E-state index >= 15 is 0 Å². The Morgan fingerprint density at radius 3 is 2.32 bits per heavy atom. The molecule has 0 spiro atoms. The molecule has 11 heteroatoms. The van der Waals surface area contributed by atoms with Crippen molar-refractivity contribution in [2.75, 3.05) is 14.1 Å². The lowest BCUT2D eigenvalue weighted by Crippen LogP contribution is -2.78. The van der Waals surface area contributed by atoms with Crippen molar-refractivity contribution in [3.8, 4) is 5.75 Å². The monoisotopic (exact) mass is 512 g/mol. The van der Waals surface area contributed by atoms with E-state index in [1.165, 1.54) is 31.1 Å². The molecular formula is C26H28N2O9. The molecule has 0 aromatic heterocycles. The van der Waals surface area contributed by atoms with Crippen LogP contribution in [-0.2, 0) is 28.7 Å². The Bertz CT molecular complexity index is 1270. The van der Waals surface area contributed by atoms with E-state index in [0.29, 0.717) is 18.4 Å². The minimum Gasteiger partial charge on any atom is -0.507 e. The molecule has 0 radical (unpaired) electrons. The number of amides is 1. The van der Waals surface area contributed by atoms with Crippen LogP contribution in [0.3, 0.4) is 0 Å². The van der Waals surface area contributed by atoms with Crippen LogP contribution in [0.15, 0.2) is 18.2 Å². The Labute approximate surface area is 211 Å². The van der Waals surface area contributed by atoms with E-state index < -0.39 is 88.3 Å². The maximum absolute atomic E-state index is 14.0. The van der Waals surface area contributed by atoms with Crippen LogP contribution in [0.5, 0.6) is 5.75 Å². The van der Waals surface area contributed by atoms with Crippen LogP contribution in [-0.4, -0.2) is 82.0 Å². The van der Waals surface area contributed by atoms with Crippen molar-refractivity contribution in [3.05, 3.63) is 29.3 Å². The molecule has 4 aliphatic carbocycles. The molecular weight excluding hydrogens is 484 g/mol. The van der Waals surface area contributed by atoms with Gasteiger partial charge in [0.15, 0.2) is 34.7 Å². The molecule has 1 aromatic carbocycles. The zero-order chi connectivity index (χ0) is 27.1. The molecule has 4 N–H and O–H groups in total. The highest BCUT2D eigenvalue weighted by Crippen LogP contribution is 2.55. The summed E-state index contributed by atoms with van der Waals surface area (Å²) in [5, 5.41) is 22.4. The molecule has 3 fully saturated rings. The Morgan fingerprint density at radius 2 is 1.76 bits per heavy atom. The van der Waals surface area contributed by atoms with Crippen molar-refractivity contribution in [2.24, 2.45) is 35.3 Å². The summed E-state index contributed by atoms with van der Waals surface area (Å²) in [6.45, 7) is 1.70. The Hall–Kier alpha value is -3.44. The second-order valence-corrected chi connectivity index (χ2v) is 10.8. The van der Waals surface area contributed by atoms with Crippen molar-refractivity contribution in [3.63, 3.8) is 0 Å². The first-order valence-electron chi connectivity index (χ1n) is 12.2. The third-order valence-corrected chi connectivity index (χ3v) is 8.49. The molecule has 3 saturated carbocycles. The number of hydrogen-bond acceptors (Lipinski definition) is 10. The Morgan fingerprint density at radius 1 is 1.11 bits per heavy atom. The first-order valence-corrected chi connectivity index (χ1v) is 12.2. The lowest BCUT2D eigenvalue weighted by molar-refractivity contribution is -0.206. The number of nitrogens with zero attached hydrogens (tertiary/aromatic N) is 1. The van der Waals surface area contributed by atoms with Gasteiger partial charge >= 0.3 is 5.97 Å². The number of ketones is 4. The van der Waals surface area contributed by atoms with E-state index in [1.54, 1.807) is 13.0 Å². The summed E-state index contributed by atoms with van der Waals surface area (Å²) in [6, 6.07) is 3.05. The van der Waals surface area contributed by atoms with Crippen molar-refractivity contribution < 1.29 is 43.7 Å². The standard InChI is InChI=1S/C26H28N2O9/c1-9-11-5-4-6-12(29)14(11)19(30)15-13(9)21(37-25(35)10-7-8-10)17-18(28(2)3)20(31)16(24(27)34)23(33)26(17,36)22(15)32/h4-6,9-10,13,15-18,21,29,36H,7-8H2,1-3H3,(H2,27,34)/t9?,13-,15?,16?,17-,18+,21+,26+/m1/s1. The largest absolute Gasteiger partial charge is 0.507 e. The number of benzene rings is 1. The van der Waals surface area contributed by atoms with Crippen LogP contribution < -0.4 is 5.73 Å². The molecule has 5 rings (SSSR count). The molecule has 8 atom stereocenters. The van der Waals surface area contributed by atoms with Gasteiger partial charge in [0, 0.05) is 5.92 Å². The van der Waals surface area contributed by atoms with E-state index in [0.717, 1.165) is 0 Å². The molecule has 37 heavy (non-hydrogen) atoms. The summed E-state index contributed by atoms with van der Waals surface area (Å²) in [5.74, 6) is -14.1. The van der Waals surface area contributed by atoms with Gasteiger partial charge in [-0.1, -0.05) is 19.1 Å². The number of Topliss-reactive ketones (excluding diaryl/α,β-unsaturated/α-hetero) is 4. The third kappa shape index (κ3) is 3.33. The molecule has 1 amide bonds. The number of nitrogens with two attached hydrogens (primary N) is 1. The number of likely N-dealkylation sites (N-methyl/N-ethyl adjacent to an activating group) is 1. The van der Waals surface area contributed by atoms with Gasteiger partial charge < -0.3 is 20.7 Å². The predicted octanol–water partition coefficient (Wildman–Crippen LogP) is -0.640. The summed E-state index contributed by atoms with van der Waals surface area (Å²) in [5.41, 5.74) is 2.65. The summed E-state index contributed by atoms with van der Waals surface area (Å²) in [7, 11) is 2.94. The third-order valence-electron chi connectivity index (χ3n) is 8.49. The van der Waals surface area contributed by atoms with Crippen LogP contribution in [0.25, 0.3) is 0 Å². The number of ether oxygens (including phenoxy) is 1. The quantitative estimate of drug-likeness (QED) is 0.347. The second-order valence-electron chi connectivity index (χ2n) is 10.8. The molecule has 0 saturated heterocycles. The molecule has 0 heterocycles. The fourth-order valence-electron chi connectivity index (χ4n) is 6.62. The van der Waals surface area contributed by atoms with Gasteiger partial charge in [0.05, 0.1) is 29.4 Å². The normalized spacial score (nSPS) is 37.1. The number of carbonyl (C=O) groups is 6. The molecule has 4 aliphatic rings. The maximum Gasteiger partial charge on any atom is 0.309 e. The number of esters is 1. The van der Waals surface area contributed by atoms with Crippen molar-refractivity contribution in [1.82, 2.24) is 4.90 Å². The molecule has 1 aromatic rings. The van der Waals surface area contributed by atoms with Gasteiger partial charge in [-0.15, -0.1) is 0 Å². The SMILES string of the molecule is CC1c2cccc(O)c2C(=O)C2C(=O)[C@]3(O)C(=O)C(C(N)=O)C(=O)[C@@H](N(C)C)[C@@H]3[C@@H](OC(=O)C3CC3)[C@@H]21. The number of fused-ring (bicyclic) bond motifs is 3. The van der Waals surface area contributed by atoms with E-state index in [4.69, 9.17) is 10.5 Å². The summed E-state index contributed by atoms with van der Waals surface area (Å²) in [6.07, 6.45) is -0.237. The van der Waals surface area contributed by atoms with Gasteiger partial charge in [0.2, 0.25) is 5.91 Å². The lowest BCUT2D eigenvalue weighted by atomic mass is 9.49. The fraction of sp³-hybridized carbons (Fsp3) is 0.538. The van der Waals surface area contributed by atoms with Crippen LogP contribution in [0.4, 0.5) is 0 Å². The molecule has 0 bridgehead atoms. The average Bonchev–Trinajstić information content (AvgIpc) is 3.66. The lowest BCUT2D eigenvalue weighted by Gasteiger charge is -2.56. The molecule has 3 unspecified atom stereocenters. The number of phenols is 1. The molecule has 11 nitrogen and oxygen atoms in total. The highest BCUT2D eigenvalue weighted by Gasteiger charge is 2.74. The number of aliphatic hydroxyl groups is 1. The fourth-order valence-corrected chi connectivity index (χ4v) is 6.62. The van der Waals surface area contributed by atoms with E-state index in [-0.39, 0.29) is 11.3 Å². The van der Waals surface area contributed by atoms with Crippen LogP contribution in [0.2, 0.25) is 0 Å². The van der Waals surface area contributed by atoms with Gasteiger partial charge in [0.1, 0.15) is 11.9 Å². The first-order chi connectivity index (χ1) is 17.3. The highest BCUT2D eigenvalue weighted by molar-refractivity contribution is 6.32. The van der Waals surface area contributed by atoms with Crippen molar-refractivity contribution in [2.45, 2.75) is 43.4 Å². The number of carbonyl (C=O) groups excluding carboxylic acids is 6. The topological polar surface area (TPSA) is 181 Å². The van der Waals surface area contributed by atoms with Gasteiger partial charge in [-0.2, -0.15) is 0 Å². The minimum absolute atomic E-state index is 0.117. The Kier molecular flexibility index (Phi) is 5.65. The van der Waals surface area contributed by atoms with E-state index in [9.17, 15) is 39.0 Å². The summed E-state index contributed by atoms with van der Waals surface area (Å²) >= 11 is 0. The van der Waals surface area contributed by atoms with Crippen LogP contribution in [0, 0.1) is 29.6 Å². The maximum atomic E-state index is 14.0. The second kappa shape index (κ2) is 8.29. The van der Waals surface area contributed by atoms with E-state index in [2.05, 4.69) is 0 Å². The van der Waals surface area contributed by atoms with Gasteiger partial charge in [-0.05, 0) is 44.5 Å². The van der Waals surface area contributed by atoms with Gasteiger partial charge in [-0.3, -0.25) is 33.7 Å². The predicted molar refractivity (Wildman–Crippen MR) is 124 cm³/mol. The molecule has 196 valence electrons. The van der Waals surface area contributed by atoms with E-state index in [1.807, 2.05) is 0 Å². The smallest absolute Gasteiger partial charge is 0.309 e. The average molecular weight is 513 g/mol. The van der Waals surface area contributed by atoms with Gasteiger partial charge in [0.25, 0.3) is 0 Å². The zero-order valence-corrected chi connectivity index (χ0v) is 20.5. The highest BCUT2D eigenvalue weighted by atomic mass is 16.5. The number of primary amides is 1. The number of aromatic hydroxyl groups is 1. The number of phenolic OH excluding ortho intramolecular Hbond substituents is 1. The molecule has 0 aliphatic heterocycles. The zero-order valence-electron chi connectivity index (χ0n) is 20.5. The van der Waals surface area contributed by atoms with Crippen LogP contribution in [0.1, 0.15) is 41.6 Å². The Balaban J connectivity index is 1.76. The first kappa shape index (κ1) is 25.2. The number of hydrogen-bond donors (Lipinski definition) is 3. The van der Waals surface area contributed by atoms with Crippen molar-refractivity contribution >= 4 is 35.0 Å². The number of rotatable bonds is 4.